The van der Waals surface area contributed by atoms with Crippen molar-refractivity contribution in [2.75, 3.05) is 6.61 Å². The van der Waals surface area contributed by atoms with Gasteiger partial charge in [0, 0.05) is 35.9 Å². The molecule has 2 amide bonds. The Hall–Kier alpha value is -4.02. The van der Waals surface area contributed by atoms with E-state index in [1.54, 1.807) is 17.3 Å². The molecule has 0 fully saturated rings. The van der Waals surface area contributed by atoms with Crippen molar-refractivity contribution in [1.82, 2.24) is 14.6 Å². The van der Waals surface area contributed by atoms with E-state index in [1.165, 1.54) is 0 Å². The number of hydrogen-bond acceptors (Lipinski definition) is 7. The molecule has 4 rings (SSSR count). The van der Waals surface area contributed by atoms with Crippen LogP contribution < -0.4 is 4.72 Å². The summed E-state index contributed by atoms with van der Waals surface area (Å²) in [6.07, 6.45) is 4.88. The molecular weight excluding hydrogens is 595 g/mol. The predicted octanol–water partition coefficient (Wildman–Crippen LogP) is 7.00. The number of hydrogen-bond donors (Lipinski definition) is 1. The van der Waals surface area contributed by atoms with Crippen molar-refractivity contribution in [2.24, 2.45) is 5.92 Å². The number of nitrogens with one attached hydrogen (secondary N) is 1. The first-order chi connectivity index (χ1) is 21.1. The van der Waals surface area contributed by atoms with Crippen LogP contribution in [-0.2, 0) is 45.5 Å². The van der Waals surface area contributed by atoms with E-state index in [4.69, 9.17) is 4.74 Å². The molecule has 2 heterocycles. The van der Waals surface area contributed by atoms with Crippen LogP contribution in [0.3, 0.4) is 0 Å². The first-order valence-electron chi connectivity index (χ1n) is 14.8. The van der Waals surface area contributed by atoms with Gasteiger partial charge >= 0.3 is 6.09 Å². The zero-order chi connectivity index (χ0) is 31.5. The Kier molecular flexibility index (Phi) is 11.7. The molecule has 232 valence electrons. The number of rotatable bonds is 14. The molecule has 2 aromatic heterocycles. The van der Waals surface area contributed by atoms with Crippen molar-refractivity contribution >= 4 is 33.4 Å². The highest BCUT2D eigenvalue weighted by Gasteiger charge is 2.27. The number of benzene rings is 2. The van der Waals surface area contributed by atoms with Gasteiger partial charge in [0.2, 0.25) is 5.91 Å². The molecule has 0 aliphatic heterocycles. The minimum atomic E-state index is -4.19. The van der Waals surface area contributed by atoms with Crippen LogP contribution in [0.15, 0.2) is 89.4 Å². The summed E-state index contributed by atoms with van der Waals surface area (Å²) in [6, 6.07) is 22.8. The largest absolute Gasteiger partial charge is 0.449 e. The first kappa shape index (κ1) is 32.9. The van der Waals surface area contributed by atoms with Gasteiger partial charge in [-0.1, -0.05) is 81.8 Å². The van der Waals surface area contributed by atoms with E-state index in [2.05, 4.69) is 23.6 Å². The fourth-order valence-corrected chi connectivity index (χ4v) is 7.55. The molecule has 0 radical (unpaired) electrons. The van der Waals surface area contributed by atoms with Crippen molar-refractivity contribution in [3.05, 3.63) is 107 Å². The number of thiophene rings is 1. The molecule has 1 N–H and O–H groups in total. The fourth-order valence-electron chi connectivity index (χ4n) is 4.71. The molecule has 2 aromatic carbocycles. The van der Waals surface area contributed by atoms with Crippen LogP contribution in [0.2, 0.25) is 0 Å². The smallest absolute Gasteiger partial charge is 0.421 e. The van der Waals surface area contributed by atoms with Crippen molar-refractivity contribution in [1.29, 1.82) is 0 Å². The van der Waals surface area contributed by atoms with Crippen LogP contribution in [0, 0.1) is 5.92 Å². The van der Waals surface area contributed by atoms with Gasteiger partial charge in [-0.25, -0.2) is 17.9 Å². The van der Waals surface area contributed by atoms with Crippen molar-refractivity contribution in [3.63, 3.8) is 0 Å². The zero-order valence-electron chi connectivity index (χ0n) is 25.4. The maximum absolute atomic E-state index is 13.5. The van der Waals surface area contributed by atoms with Crippen LogP contribution in [-0.4, -0.2) is 36.9 Å². The maximum atomic E-state index is 13.5. The number of aromatic nitrogens is 1. The molecular formula is C34H39N3O5S2. The Bertz CT molecular complexity index is 1640. The van der Waals surface area contributed by atoms with Gasteiger partial charge in [0.05, 0.1) is 13.0 Å². The maximum Gasteiger partial charge on any atom is 0.421 e. The van der Waals surface area contributed by atoms with Gasteiger partial charge < -0.3 is 9.64 Å². The van der Waals surface area contributed by atoms with Gasteiger partial charge in [-0.05, 0) is 59.2 Å². The summed E-state index contributed by atoms with van der Waals surface area (Å²) in [5.74, 6) is 0.279. The SMILES string of the molecule is CCCCOC(=O)NS(=O)(=O)c1sc(CC(C)C)cc1-c1cccc(CN(Cc2cccnc2)C(=O)Cc2ccccc2)c1. The molecule has 4 aromatic rings. The normalized spacial score (nSPS) is 11.4. The van der Waals surface area contributed by atoms with E-state index in [-0.39, 0.29) is 23.1 Å². The number of carbonyl (C=O) groups excluding carboxylic acids is 2. The second kappa shape index (κ2) is 15.6. The fraction of sp³-hybridized carbons (Fsp3) is 0.324. The Labute approximate surface area is 264 Å². The molecule has 0 aliphatic carbocycles. The lowest BCUT2D eigenvalue weighted by Gasteiger charge is -2.23. The quantitative estimate of drug-likeness (QED) is 0.150. The minimum absolute atomic E-state index is 0.0331. The highest BCUT2D eigenvalue weighted by atomic mass is 32.2. The summed E-state index contributed by atoms with van der Waals surface area (Å²) < 4.78 is 34.1. The van der Waals surface area contributed by atoms with Crippen molar-refractivity contribution in [3.8, 4) is 11.1 Å². The lowest BCUT2D eigenvalue weighted by molar-refractivity contribution is -0.131. The Morgan fingerprint density at radius 1 is 0.955 bits per heavy atom. The predicted molar refractivity (Wildman–Crippen MR) is 174 cm³/mol. The van der Waals surface area contributed by atoms with Crippen LogP contribution in [0.5, 0.6) is 0 Å². The number of amides is 2. The number of carbonyl (C=O) groups is 2. The standard InChI is InChI=1S/C34H39N3O5S2/c1-4-5-17-42-34(39)36-44(40,41)33-31(21-30(43-33)18-25(2)3)29-15-9-13-27(19-29)23-37(24-28-14-10-16-35-22-28)32(38)20-26-11-7-6-8-12-26/h6-16,19,21-22,25H,4-5,17-18,20,23-24H2,1-3H3,(H,36,39). The summed E-state index contributed by atoms with van der Waals surface area (Å²) in [5, 5.41) is 0. The monoisotopic (exact) mass is 633 g/mol. The number of unbranched alkanes of at least 4 members (excludes halogenated alkanes) is 1. The lowest BCUT2D eigenvalue weighted by atomic mass is 10.0. The van der Waals surface area contributed by atoms with Gasteiger partial charge in [0.25, 0.3) is 10.0 Å². The molecule has 44 heavy (non-hydrogen) atoms. The summed E-state index contributed by atoms with van der Waals surface area (Å²) in [6.45, 7) is 6.94. The first-order valence-corrected chi connectivity index (χ1v) is 17.1. The highest BCUT2D eigenvalue weighted by Crippen LogP contribution is 2.37. The lowest BCUT2D eigenvalue weighted by Crippen LogP contribution is -2.31. The Balaban J connectivity index is 1.64. The zero-order valence-corrected chi connectivity index (χ0v) is 27.0. The Morgan fingerprint density at radius 3 is 2.39 bits per heavy atom. The molecule has 0 spiro atoms. The van der Waals surface area contributed by atoms with Gasteiger partial charge in [0.15, 0.2) is 0 Å². The molecule has 0 saturated carbocycles. The third-order valence-corrected chi connectivity index (χ3v) is 9.81. The van der Waals surface area contributed by atoms with Crippen LogP contribution in [0.25, 0.3) is 11.1 Å². The van der Waals surface area contributed by atoms with Gasteiger partial charge in [-0.15, -0.1) is 11.3 Å². The van der Waals surface area contributed by atoms with E-state index in [0.717, 1.165) is 39.3 Å². The summed E-state index contributed by atoms with van der Waals surface area (Å²) >= 11 is 1.16. The van der Waals surface area contributed by atoms with E-state index in [1.807, 2.05) is 79.7 Å². The topological polar surface area (TPSA) is 106 Å². The molecule has 10 heteroatoms. The number of nitrogens with zero attached hydrogens (tertiary/aromatic N) is 2. The van der Waals surface area contributed by atoms with E-state index in [9.17, 15) is 18.0 Å². The highest BCUT2D eigenvalue weighted by molar-refractivity contribution is 7.92. The summed E-state index contributed by atoms with van der Waals surface area (Å²) in [5.41, 5.74) is 3.88. The van der Waals surface area contributed by atoms with E-state index < -0.39 is 16.1 Å². The molecule has 0 saturated heterocycles. The molecule has 0 bridgehead atoms. The number of ether oxygens (including phenoxy) is 1. The Morgan fingerprint density at radius 2 is 1.68 bits per heavy atom. The molecule has 8 nitrogen and oxygen atoms in total. The molecule has 0 unspecified atom stereocenters. The van der Waals surface area contributed by atoms with Crippen LogP contribution >= 0.6 is 11.3 Å². The third-order valence-electron chi connectivity index (χ3n) is 6.81. The average molecular weight is 634 g/mol. The van der Waals surface area contributed by atoms with E-state index >= 15 is 0 Å². The summed E-state index contributed by atoms with van der Waals surface area (Å²) in [4.78, 5) is 32.7. The minimum Gasteiger partial charge on any atom is -0.449 e. The van der Waals surface area contributed by atoms with Gasteiger partial charge in [0.1, 0.15) is 4.21 Å². The van der Waals surface area contributed by atoms with Crippen LogP contribution in [0.1, 0.15) is 55.2 Å². The van der Waals surface area contributed by atoms with Gasteiger partial charge in [-0.2, -0.15) is 0 Å². The van der Waals surface area contributed by atoms with Crippen molar-refractivity contribution < 1.29 is 22.7 Å². The molecule has 0 atom stereocenters. The van der Waals surface area contributed by atoms with Crippen LogP contribution in [0.4, 0.5) is 4.79 Å². The molecule has 0 aliphatic rings. The number of sulfonamides is 1. The van der Waals surface area contributed by atoms with Gasteiger partial charge in [-0.3, -0.25) is 9.78 Å². The second-order valence-corrected chi connectivity index (χ2v) is 14.1. The van der Waals surface area contributed by atoms with E-state index in [0.29, 0.717) is 43.0 Å². The second-order valence-electron chi connectivity index (χ2n) is 11.1. The van der Waals surface area contributed by atoms with Crippen molar-refractivity contribution in [2.45, 2.75) is 63.8 Å². The summed E-state index contributed by atoms with van der Waals surface area (Å²) in [7, 11) is -4.19. The third kappa shape index (κ3) is 9.49. The number of pyridine rings is 1. The average Bonchev–Trinajstić information content (AvgIpc) is 3.42.